The lowest BCUT2D eigenvalue weighted by Gasteiger charge is -2.30. The Kier molecular flexibility index (Phi) is 10.2. The first-order valence-corrected chi connectivity index (χ1v) is 8.60. The van der Waals surface area contributed by atoms with Gasteiger partial charge in [0.25, 0.3) is 0 Å². The molecule has 0 amide bonds. The Morgan fingerprint density at radius 3 is 2.75 bits per heavy atom. The Bertz CT molecular complexity index is 475. The van der Waals surface area contributed by atoms with Gasteiger partial charge >= 0.3 is 0 Å². The highest BCUT2D eigenvalue weighted by atomic mass is 127. The number of halogens is 1. The second-order valence-electron chi connectivity index (χ2n) is 6.41. The minimum absolute atomic E-state index is 0. The molecule has 0 aromatic carbocycles. The molecular formula is C18H31IN4O. The number of nitrogens with zero attached hydrogens (tertiary/aromatic N) is 2. The zero-order valence-corrected chi connectivity index (χ0v) is 17.2. The Morgan fingerprint density at radius 2 is 2.12 bits per heavy atom. The normalized spacial score (nSPS) is 16.5. The zero-order chi connectivity index (χ0) is 16.4. The molecule has 0 saturated heterocycles. The van der Waals surface area contributed by atoms with E-state index in [1.807, 2.05) is 19.3 Å². The highest BCUT2D eigenvalue weighted by molar-refractivity contribution is 14.0. The van der Waals surface area contributed by atoms with Crippen molar-refractivity contribution in [3.63, 3.8) is 0 Å². The van der Waals surface area contributed by atoms with Crippen LogP contribution in [-0.4, -0.2) is 44.8 Å². The minimum Gasteiger partial charge on any atom is -0.385 e. The fraction of sp³-hybridized carbons (Fsp3) is 0.667. The molecule has 0 unspecified atom stereocenters. The van der Waals surface area contributed by atoms with Crippen LogP contribution in [0.5, 0.6) is 0 Å². The van der Waals surface area contributed by atoms with Crippen molar-refractivity contribution < 1.29 is 4.74 Å². The molecule has 24 heavy (non-hydrogen) atoms. The van der Waals surface area contributed by atoms with Crippen molar-refractivity contribution in [3.05, 3.63) is 30.1 Å². The predicted molar refractivity (Wildman–Crippen MR) is 110 cm³/mol. The van der Waals surface area contributed by atoms with E-state index in [9.17, 15) is 0 Å². The molecule has 0 bridgehead atoms. The summed E-state index contributed by atoms with van der Waals surface area (Å²) in [5.41, 5.74) is 1.61. The predicted octanol–water partition coefficient (Wildman–Crippen LogP) is 3.00. The monoisotopic (exact) mass is 446 g/mol. The van der Waals surface area contributed by atoms with Crippen molar-refractivity contribution in [2.75, 3.05) is 33.9 Å². The quantitative estimate of drug-likeness (QED) is 0.366. The second kappa shape index (κ2) is 11.6. The molecule has 1 aliphatic rings. The molecule has 2 rings (SSSR count). The second-order valence-corrected chi connectivity index (χ2v) is 6.41. The van der Waals surface area contributed by atoms with Gasteiger partial charge in [-0.25, -0.2) is 0 Å². The number of methoxy groups -OCH3 is 1. The van der Waals surface area contributed by atoms with Gasteiger partial charge < -0.3 is 15.4 Å². The standard InChI is InChI=1S/C18H30N4O.HI/c1-19-17(21-12-7-16-6-5-11-20-14-16)22-15-18(10-13-23-2)8-3-4-9-18;/h5-6,11,14H,3-4,7-10,12-13,15H2,1-2H3,(H2,19,21,22);1H. The van der Waals surface area contributed by atoms with Crippen molar-refractivity contribution in [2.45, 2.75) is 38.5 Å². The average molecular weight is 446 g/mol. The lowest BCUT2D eigenvalue weighted by molar-refractivity contribution is 0.138. The van der Waals surface area contributed by atoms with Gasteiger partial charge in [0.1, 0.15) is 0 Å². The summed E-state index contributed by atoms with van der Waals surface area (Å²) in [6, 6.07) is 4.07. The van der Waals surface area contributed by atoms with Gasteiger partial charge in [0.2, 0.25) is 0 Å². The third-order valence-electron chi connectivity index (χ3n) is 4.78. The summed E-state index contributed by atoms with van der Waals surface area (Å²) in [6.45, 7) is 2.67. The number of rotatable bonds is 8. The Balaban J connectivity index is 0.00000288. The topological polar surface area (TPSA) is 58.5 Å². The number of aliphatic imine (C=N–C) groups is 1. The number of guanidine groups is 1. The van der Waals surface area contributed by atoms with Crippen LogP contribution in [0.4, 0.5) is 0 Å². The Labute approximate surface area is 163 Å². The summed E-state index contributed by atoms with van der Waals surface area (Å²) in [5.74, 6) is 0.887. The maximum atomic E-state index is 5.30. The van der Waals surface area contributed by atoms with Gasteiger partial charge in [-0.2, -0.15) is 0 Å². The van der Waals surface area contributed by atoms with Crippen LogP contribution < -0.4 is 10.6 Å². The molecule has 6 heteroatoms. The van der Waals surface area contributed by atoms with Crippen molar-refractivity contribution in [3.8, 4) is 0 Å². The fourth-order valence-electron chi connectivity index (χ4n) is 3.32. The first-order valence-electron chi connectivity index (χ1n) is 8.60. The number of pyridine rings is 1. The van der Waals surface area contributed by atoms with Crippen molar-refractivity contribution in [1.29, 1.82) is 0 Å². The maximum Gasteiger partial charge on any atom is 0.191 e. The van der Waals surface area contributed by atoms with Crippen molar-refractivity contribution >= 4 is 29.9 Å². The number of aromatic nitrogens is 1. The summed E-state index contributed by atoms with van der Waals surface area (Å²) < 4.78 is 5.30. The van der Waals surface area contributed by atoms with E-state index < -0.39 is 0 Å². The van der Waals surface area contributed by atoms with E-state index in [4.69, 9.17) is 4.74 Å². The molecule has 1 fully saturated rings. The van der Waals surface area contributed by atoms with Gasteiger partial charge in [-0.15, -0.1) is 24.0 Å². The molecule has 5 nitrogen and oxygen atoms in total. The average Bonchev–Trinajstić information content (AvgIpc) is 3.06. The molecule has 1 saturated carbocycles. The highest BCUT2D eigenvalue weighted by Gasteiger charge is 2.33. The number of hydrogen-bond donors (Lipinski definition) is 2. The van der Waals surface area contributed by atoms with Crippen LogP contribution in [0.2, 0.25) is 0 Å². The van der Waals surface area contributed by atoms with E-state index in [2.05, 4.69) is 26.7 Å². The minimum atomic E-state index is 0. The third-order valence-corrected chi connectivity index (χ3v) is 4.78. The van der Waals surface area contributed by atoms with Gasteiger partial charge in [-0.3, -0.25) is 9.98 Å². The summed E-state index contributed by atoms with van der Waals surface area (Å²) >= 11 is 0. The molecule has 0 aliphatic heterocycles. The largest absolute Gasteiger partial charge is 0.385 e. The zero-order valence-electron chi connectivity index (χ0n) is 14.9. The number of hydrogen-bond acceptors (Lipinski definition) is 3. The molecule has 1 aromatic rings. The van der Waals surface area contributed by atoms with E-state index in [0.717, 1.165) is 38.5 Å². The van der Waals surface area contributed by atoms with Gasteiger partial charge in [0.05, 0.1) is 0 Å². The third kappa shape index (κ3) is 6.93. The van der Waals surface area contributed by atoms with E-state index in [-0.39, 0.29) is 24.0 Å². The van der Waals surface area contributed by atoms with E-state index in [0.29, 0.717) is 5.41 Å². The van der Waals surface area contributed by atoms with Crippen LogP contribution in [0.25, 0.3) is 0 Å². The van der Waals surface area contributed by atoms with Crippen LogP contribution in [-0.2, 0) is 11.2 Å². The molecule has 1 heterocycles. The van der Waals surface area contributed by atoms with Gasteiger partial charge in [0, 0.05) is 46.2 Å². The highest BCUT2D eigenvalue weighted by Crippen LogP contribution is 2.40. The summed E-state index contributed by atoms with van der Waals surface area (Å²) in [7, 11) is 3.62. The summed E-state index contributed by atoms with van der Waals surface area (Å²) in [6.07, 6.45) is 11.0. The van der Waals surface area contributed by atoms with E-state index in [1.54, 1.807) is 13.3 Å². The first kappa shape index (κ1) is 21.2. The maximum absolute atomic E-state index is 5.30. The van der Waals surface area contributed by atoms with Crippen LogP contribution in [0.3, 0.4) is 0 Å². The summed E-state index contributed by atoms with van der Waals surface area (Å²) in [4.78, 5) is 8.48. The van der Waals surface area contributed by atoms with Crippen LogP contribution in [0, 0.1) is 5.41 Å². The van der Waals surface area contributed by atoms with Crippen molar-refractivity contribution in [2.24, 2.45) is 10.4 Å². The molecular weight excluding hydrogens is 415 g/mol. The van der Waals surface area contributed by atoms with Gasteiger partial charge in [0.15, 0.2) is 5.96 Å². The SMILES string of the molecule is CN=C(NCCc1cccnc1)NCC1(CCOC)CCCC1.I. The molecule has 0 radical (unpaired) electrons. The Hall–Kier alpha value is -0.890. The Morgan fingerprint density at radius 1 is 1.33 bits per heavy atom. The lowest BCUT2D eigenvalue weighted by atomic mass is 9.83. The van der Waals surface area contributed by atoms with Gasteiger partial charge in [-0.1, -0.05) is 18.9 Å². The lowest BCUT2D eigenvalue weighted by Crippen LogP contribution is -2.43. The molecule has 0 spiro atoms. The number of ether oxygens (including phenoxy) is 1. The molecule has 1 aromatic heterocycles. The first-order chi connectivity index (χ1) is 11.3. The van der Waals surface area contributed by atoms with E-state index >= 15 is 0 Å². The van der Waals surface area contributed by atoms with Crippen LogP contribution >= 0.6 is 24.0 Å². The molecule has 1 aliphatic carbocycles. The molecule has 2 N–H and O–H groups in total. The number of nitrogens with one attached hydrogen (secondary N) is 2. The molecule has 136 valence electrons. The smallest absolute Gasteiger partial charge is 0.191 e. The van der Waals surface area contributed by atoms with Crippen LogP contribution in [0.1, 0.15) is 37.7 Å². The van der Waals surface area contributed by atoms with Crippen LogP contribution in [0.15, 0.2) is 29.5 Å². The van der Waals surface area contributed by atoms with Gasteiger partial charge in [-0.05, 0) is 42.7 Å². The van der Waals surface area contributed by atoms with E-state index in [1.165, 1.54) is 31.2 Å². The van der Waals surface area contributed by atoms with Crippen molar-refractivity contribution in [1.82, 2.24) is 15.6 Å². The summed E-state index contributed by atoms with van der Waals surface area (Å²) in [5, 5.41) is 6.91. The fourth-order valence-corrected chi connectivity index (χ4v) is 3.32. The molecule has 0 atom stereocenters.